The van der Waals surface area contributed by atoms with E-state index in [1.165, 1.54) is 15.9 Å². The van der Waals surface area contributed by atoms with E-state index in [0.717, 1.165) is 5.56 Å². The van der Waals surface area contributed by atoms with Crippen LogP contribution in [0.5, 0.6) is 0 Å². The second-order valence-electron chi connectivity index (χ2n) is 5.12. The number of carbonyl (C=O) groups excluding carboxylic acids is 1. The monoisotopic (exact) mass is 328 g/mol. The maximum Gasteiger partial charge on any atom is 0.338 e. The number of hydrogen-bond donors (Lipinski definition) is 0. The minimum absolute atomic E-state index is 0.0696. The molecule has 0 aliphatic rings. The molecule has 0 amide bonds. The molecule has 0 spiro atoms. The van der Waals surface area contributed by atoms with Crippen LogP contribution in [0.1, 0.15) is 28.7 Å². The molecule has 23 heavy (non-hydrogen) atoms. The lowest BCUT2D eigenvalue weighted by atomic mass is 10.0. The first-order valence-corrected chi connectivity index (χ1v) is 8.23. The zero-order chi connectivity index (χ0) is 16.4. The summed E-state index contributed by atoms with van der Waals surface area (Å²) in [6.07, 6.45) is 0.395. The van der Waals surface area contributed by atoms with Gasteiger partial charge in [0.1, 0.15) is 5.82 Å². The average Bonchev–Trinajstić information content (AvgIpc) is 3.01. The molecular formula is C17H16N2O3S. The third-order valence-corrected chi connectivity index (χ3v) is 4.41. The van der Waals surface area contributed by atoms with Crippen molar-refractivity contribution in [1.29, 1.82) is 0 Å². The first-order chi connectivity index (χ1) is 11.1. The van der Waals surface area contributed by atoms with Crippen LogP contribution < -0.4 is 5.56 Å². The van der Waals surface area contributed by atoms with Gasteiger partial charge in [-0.15, -0.1) is 11.3 Å². The van der Waals surface area contributed by atoms with E-state index < -0.39 is 0 Å². The fourth-order valence-corrected chi connectivity index (χ4v) is 3.19. The van der Waals surface area contributed by atoms with Crippen molar-refractivity contribution in [3.05, 3.63) is 62.3 Å². The zero-order valence-corrected chi connectivity index (χ0v) is 13.7. The molecule has 0 radical (unpaired) electrons. The van der Waals surface area contributed by atoms with E-state index in [9.17, 15) is 9.59 Å². The van der Waals surface area contributed by atoms with Crippen LogP contribution in [0.3, 0.4) is 0 Å². The Bertz CT molecular complexity index is 927. The van der Waals surface area contributed by atoms with Gasteiger partial charge in [0.25, 0.3) is 5.56 Å². The molecule has 3 rings (SSSR count). The number of ether oxygens (including phenoxy) is 1. The summed E-state index contributed by atoms with van der Waals surface area (Å²) in [5, 5.41) is 4.29. The Morgan fingerprint density at radius 3 is 2.87 bits per heavy atom. The quantitative estimate of drug-likeness (QED) is 0.691. The van der Waals surface area contributed by atoms with Gasteiger partial charge < -0.3 is 4.74 Å². The summed E-state index contributed by atoms with van der Waals surface area (Å²) in [5.41, 5.74) is 1.93. The van der Waals surface area contributed by atoms with Gasteiger partial charge in [0, 0.05) is 24.2 Å². The summed E-state index contributed by atoms with van der Waals surface area (Å²) < 4.78 is 6.63. The highest BCUT2D eigenvalue weighted by atomic mass is 32.1. The predicted octanol–water partition coefficient (Wildman–Crippen LogP) is 2.76. The van der Waals surface area contributed by atoms with Crippen molar-refractivity contribution in [3.63, 3.8) is 0 Å². The van der Waals surface area contributed by atoms with Gasteiger partial charge in [0.15, 0.2) is 0 Å². The van der Waals surface area contributed by atoms with Gasteiger partial charge >= 0.3 is 5.97 Å². The van der Waals surface area contributed by atoms with Gasteiger partial charge in [-0.1, -0.05) is 18.2 Å². The van der Waals surface area contributed by atoms with Crippen LogP contribution >= 0.6 is 11.3 Å². The highest BCUT2D eigenvalue weighted by Crippen LogP contribution is 2.17. The molecule has 0 unspecified atom stereocenters. The number of rotatable bonds is 4. The Morgan fingerprint density at radius 2 is 2.09 bits per heavy atom. The predicted molar refractivity (Wildman–Crippen MR) is 90.1 cm³/mol. The van der Waals surface area contributed by atoms with E-state index in [0.29, 0.717) is 35.3 Å². The number of thiophene rings is 1. The molecule has 0 saturated heterocycles. The molecular weight excluding hydrogens is 312 g/mol. The third-order valence-electron chi connectivity index (χ3n) is 3.67. The Labute approximate surface area is 137 Å². The molecule has 6 heteroatoms. The minimum Gasteiger partial charge on any atom is -0.462 e. The van der Waals surface area contributed by atoms with Gasteiger partial charge in [-0.05, 0) is 18.6 Å². The maximum atomic E-state index is 12.4. The van der Waals surface area contributed by atoms with Crippen LogP contribution in [-0.4, -0.2) is 22.1 Å². The first kappa shape index (κ1) is 15.4. The summed E-state index contributed by atoms with van der Waals surface area (Å²) in [4.78, 5) is 29.0. The summed E-state index contributed by atoms with van der Waals surface area (Å²) >= 11 is 1.46. The summed E-state index contributed by atoms with van der Waals surface area (Å²) in [5.74, 6) is 0.266. The first-order valence-electron chi connectivity index (χ1n) is 7.28. The molecule has 0 bridgehead atoms. The zero-order valence-electron chi connectivity index (χ0n) is 12.9. The van der Waals surface area contributed by atoms with E-state index in [1.54, 1.807) is 31.5 Å². The Balaban J connectivity index is 2.05. The molecule has 3 aromatic rings. The third kappa shape index (κ3) is 2.90. The highest BCUT2D eigenvalue weighted by molar-refractivity contribution is 7.09. The summed E-state index contributed by atoms with van der Waals surface area (Å²) in [7, 11) is 1.70. The number of hydrogen-bond acceptors (Lipinski definition) is 5. The summed E-state index contributed by atoms with van der Waals surface area (Å²) in [6.45, 7) is 2.10. The highest BCUT2D eigenvalue weighted by Gasteiger charge is 2.15. The summed E-state index contributed by atoms with van der Waals surface area (Å²) in [6, 6.07) is 7.24. The van der Waals surface area contributed by atoms with Crippen LogP contribution in [0, 0.1) is 0 Å². The second-order valence-corrected chi connectivity index (χ2v) is 5.86. The topological polar surface area (TPSA) is 61.2 Å². The molecule has 0 saturated carbocycles. The molecule has 0 aliphatic carbocycles. The number of fused-ring (bicyclic) bond motifs is 1. The van der Waals surface area contributed by atoms with Gasteiger partial charge in [-0.3, -0.25) is 9.36 Å². The van der Waals surface area contributed by atoms with Gasteiger partial charge in [-0.25, -0.2) is 9.78 Å². The lowest BCUT2D eigenvalue weighted by Crippen LogP contribution is -2.22. The Morgan fingerprint density at radius 1 is 1.30 bits per heavy atom. The van der Waals surface area contributed by atoms with Crippen molar-refractivity contribution in [1.82, 2.24) is 9.55 Å². The fourth-order valence-electron chi connectivity index (χ4n) is 2.46. The minimum atomic E-state index is -0.357. The number of nitrogens with zero attached hydrogens (tertiary/aromatic N) is 2. The molecule has 118 valence electrons. The number of aromatic nitrogens is 2. The smallest absolute Gasteiger partial charge is 0.338 e. The van der Waals surface area contributed by atoms with Crippen molar-refractivity contribution in [2.45, 2.75) is 13.3 Å². The lowest BCUT2D eigenvalue weighted by molar-refractivity contribution is 0.0525. The number of benzene rings is 1. The number of esters is 1. The average molecular weight is 328 g/mol. The standard InChI is InChI=1S/C17H16N2O3S/c1-3-22-17(21)12-7-5-4-6-11(12)8-15-18-14-10-23-9-13(14)16(20)19(15)2/h4-7,9-10H,3,8H2,1-2H3. The Hall–Kier alpha value is -2.47. The van der Waals surface area contributed by atoms with Crippen LogP contribution in [-0.2, 0) is 18.2 Å². The molecule has 0 atom stereocenters. The van der Waals surface area contributed by atoms with Crippen molar-refractivity contribution in [3.8, 4) is 0 Å². The van der Waals surface area contributed by atoms with E-state index in [4.69, 9.17) is 4.74 Å². The fraction of sp³-hybridized carbons (Fsp3) is 0.235. The number of carbonyl (C=O) groups is 1. The molecule has 0 aliphatic heterocycles. The van der Waals surface area contributed by atoms with Gasteiger partial charge in [-0.2, -0.15) is 0 Å². The molecule has 5 nitrogen and oxygen atoms in total. The van der Waals surface area contributed by atoms with E-state index in [-0.39, 0.29) is 11.5 Å². The second kappa shape index (κ2) is 6.34. The lowest BCUT2D eigenvalue weighted by Gasteiger charge is -2.11. The van der Waals surface area contributed by atoms with E-state index in [1.807, 2.05) is 17.5 Å². The van der Waals surface area contributed by atoms with Crippen molar-refractivity contribution in [2.75, 3.05) is 6.61 Å². The SMILES string of the molecule is CCOC(=O)c1ccccc1Cc1nc2cscc2c(=O)n1C. The van der Waals surface area contributed by atoms with Crippen molar-refractivity contribution < 1.29 is 9.53 Å². The molecule has 0 N–H and O–H groups in total. The van der Waals surface area contributed by atoms with E-state index >= 15 is 0 Å². The maximum absolute atomic E-state index is 12.4. The molecule has 0 fully saturated rings. The van der Waals surface area contributed by atoms with Crippen LogP contribution in [0.4, 0.5) is 0 Å². The van der Waals surface area contributed by atoms with Crippen LogP contribution in [0.25, 0.3) is 10.9 Å². The largest absolute Gasteiger partial charge is 0.462 e. The van der Waals surface area contributed by atoms with Crippen molar-refractivity contribution >= 4 is 28.2 Å². The Kier molecular flexibility index (Phi) is 4.25. The van der Waals surface area contributed by atoms with Gasteiger partial charge in [0.05, 0.1) is 23.1 Å². The van der Waals surface area contributed by atoms with Gasteiger partial charge in [0.2, 0.25) is 0 Å². The van der Waals surface area contributed by atoms with Crippen LogP contribution in [0.15, 0.2) is 39.8 Å². The molecule has 1 aromatic carbocycles. The van der Waals surface area contributed by atoms with Crippen LogP contribution in [0.2, 0.25) is 0 Å². The normalized spacial score (nSPS) is 10.9. The molecule has 2 heterocycles. The van der Waals surface area contributed by atoms with E-state index in [2.05, 4.69) is 4.98 Å². The molecule has 2 aromatic heterocycles. The van der Waals surface area contributed by atoms with Crippen molar-refractivity contribution in [2.24, 2.45) is 7.05 Å².